The van der Waals surface area contributed by atoms with Gasteiger partial charge in [0.2, 0.25) is 0 Å². The van der Waals surface area contributed by atoms with Gasteiger partial charge in [-0.1, -0.05) is 26.0 Å². The maximum absolute atomic E-state index is 13.1. The number of ether oxygens (including phenoxy) is 2. The molecule has 0 aliphatic carbocycles. The highest BCUT2D eigenvalue weighted by molar-refractivity contribution is 5.74. The lowest BCUT2D eigenvalue weighted by molar-refractivity contribution is -0.167. The molecular weight excluding hydrogens is 294 g/mol. The van der Waals surface area contributed by atoms with Gasteiger partial charge in [0.1, 0.15) is 17.3 Å². The number of hydrogen-bond acceptors (Lipinski definition) is 4. The zero-order chi connectivity index (χ0) is 16.9. The standard InChI is InChI=1S/C16H22F2O4/c1-10(2)9-22-12-7-5-11(6-8-12)16(3,20)13(14(17)18)15(19)21-4/h5-8,10,13-14,20H,9H2,1-4H3. The maximum Gasteiger partial charge on any atom is 0.317 e. The summed E-state index contributed by atoms with van der Waals surface area (Å²) in [6.45, 7) is 5.70. The van der Waals surface area contributed by atoms with E-state index in [1.54, 1.807) is 12.1 Å². The minimum atomic E-state index is -3.04. The van der Waals surface area contributed by atoms with Crippen molar-refractivity contribution in [1.82, 2.24) is 0 Å². The predicted octanol–water partition coefficient (Wildman–Crippen LogP) is 2.98. The van der Waals surface area contributed by atoms with Gasteiger partial charge in [-0.25, -0.2) is 8.78 Å². The van der Waals surface area contributed by atoms with Crippen LogP contribution in [-0.2, 0) is 15.1 Å². The zero-order valence-corrected chi connectivity index (χ0v) is 13.2. The summed E-state index contributed by atoms with van der Waals surface area (Å²) in [4.78, 5) is 11.5. The quantitative estimate of drug-likeness (QED) is 0.786. The number of benzene rings is 1. The average Bonchev–Trinajstić information content (AvgIpc) is 2.44. The topological polar surface area (TPSA) is 55.8 Å². The Morgan fingerprint density at radius 3 is 2.23 bits per heavy atom. The summed E-state index contributed by atoms with van der Waals surface area (Å²) in [5.74, 6) is -2.19. The van der Waals surface area contributed by atoms with Gasteiger partial charge in [-0.2, -0.15) is 0 Å². The van der Waals surface area contributed by atoms with Gasteiger partial charge < -0.3 is 14.6 Å². The number of carbonyl (C=O) groups excluding carboxylic acids is 1. The lowest BCUT2D eigenvalue weighted by Gasteiger charge is -2.31. The smallest absolute Gasteiger partial charge is 0.317 e. The van der Waals surface area contributed by atoms with E-state index in [1.807, 2.05) is 13.8 Å². The molecule has 0 aromatic heterocycles. The number of methoxy groups -OCH3 is 1. The molecule has 0 amide bonds. The van der Waals surface area contributed by atoms with Gasteiger partial charge in [0, 0.05) is 0 Å². The van der Waals surface area contributed by atoms with Crippen LogP contribution in [0.4, 0.5) is 8.78 Å². The number of hydrogen-bond donors (Lipinski definition) is 1. The van der Waals surface area contributed by atoms with Crippen molar-refractivity contribution < 1.29 is 28.2 Å². The van der Waals surface area contributed by atoms with Crippen LogP contribution < -0.4 is 4.74 Å². The fraction of sp³-hybridized carbons (Fsp3) is 0.562. The van der Waals surface area contributed by atoms with Crippen LogP contribution in [0.25, 0.3) is 0 Å². The van der Waals surface area contributed by atoms with Gasteiger partial charge in [0.05, 0.1) is 13.7 Å². The summed E-state index contributed by atoms with van der Waals surface area (Å²) < 4.78 is 36.1. The van der Waals surface area contributed by atoms with Crippen LogP contribution in [0.5, 0.6) is 5.75 Å². The molecule has 0 bridgehead atoms. The van der Waals surface area contributed by atoms with Crippen molar-refractivity contribution in [2.45, 2.75) is 32.8 Å². The van der Waals surface area contributed by atoms with E-state index in [1.165, 1.54) is 19.1 Å². The first-order chi connectivity index (χ1) is 10.2. The highest BCUT2D eigenvalue weighted by atomic mass is 19.3. The first-order valence-electron chi connectivity index (χ1n) is 7.01. The highest BCUT2D eigenvalue weighted by Crippen LogP contribution is 2.35. The van der Waals surface area contributed by atoms with E-state index in [0.29, 0.717) is 18.3 Å². The molecule has 2 unspecified atom stereocenters. The number of alkyl halides is 2. The SMILES string of the molecule is COC(=O)C(C(F)F)C(C)(O)c1ccc(OCC(C)C)cc1. The first-order valence-corrected chi connectivity index (χ1v) is 7.01. The second-order valence-electron chi connectivity index (χ2n) is 5.71. The van der Waals surface area contributed by atoms with Crippen molar-refractivity contribution in [3.63, 3.8) is 0 Å². The number of halogens is 2. The van der Waals surface area contributed by atoms with Gasteiger partial charge in [-0.3, -0.25) is 4.79 Å². The van der Waals surface area contributed by atoms with Gasteiger partial charge in [-0.15, -0.1) is 0 Å². The van der Waals surface area contributed by atoms with Crippen molar-refractivity contribution in [3.05, 3.63) is 29.8 Å². The van der Waals surface area contributed by atoms with Gasteiger partial charge in [0.25, 0.3) is 6.43 Å². The number of rotatable bonds is 7. The Bertz CT molecular complexity index is 483. The van der Waals surface area contributed by atoms with Crippen molar-refractivity contribution in [2.24, 2.45) is 11.8 Å². The van der Waals surface area contributed by atoms with Gasteiger partial charge in [0.15, 0.2) is 0 Å². The van der Waals surface area contributed by atoms with Gasteiger partial charge >= 0.3 is 5.97 Å². The Hall–Kier alpha value is -1.69. The molecule has 0 saturated heterocycles. The molecule has 2 atom stereocenters. The van der Waals surface area contributed by atoms with Crippen LogP contribution in [-0.4, -0.2) is 31.2 Å². The molecule has 1 N–H and O–H groups in total. The van der Waals surface area contributed by atoms with E-state index in [9.17, 15) is 18.7 Å². The Morgan fingerprint density at radius 1 is 1.27 bits per heavy atom. The third kappa shape index (κ3) is 4.40. The second-order valence-corrected chi connectivity index (χ2v) is 5.71. The summed E-state index contributed by atoms with van der Waals surface area (Å²) in [6.07, 6.45) is -3.04. The molecule has 1 aromatic carbocycles. The summed E-state index contributed by atoms with van der Waals surface area (Å²) in [6, 6.07) is 6.08. The molecule has 22 heavy (non-hydrogen) atoms. The molecule has 0 radical (unpaired) electrons. The number of carbonyl (C=O) groups is 1. The van der Waals surface area contributed by atoms with E-state index in [0.717, 1.165) is 7.11 Å². The van der Waals surface area contributed by atoms with E-state index >= 15 is 0 Å². The summed E-state index contributed by atoms with van der Waals surface area (Å²) >= 11 is 0. The second kappa shape index (κ2) is 7.54. The molecule has 0 heterocycles. The van der Waals surface area contributed by atoms with E-state index in [2.05, 4.69) is 4.74 Å². The minimum absolute atomic E-state index is 0.195. The number of esters is 1. The van der Waals surface area contributed by atoms with Crippen molar-refractivity contribution in [2.75, 3.05) is 13.7 Å². The summed E-state index contributed by atoms with van der Waals surface area (Å²) in [5, 5.41) is 10.4. The fourth-order valence-electron chi connectivity index (χ4n) is 2.04. The largest absolute Gasteiger partial charge is 0.493 e. The van der Waals surface area contributed by atoms with Crippen LogP contribution in [0.1, 0.15) is 26.3 Å². The molecular formula is C16H22F2O4. The van der Waals surface area contributed by atoms with E-state index < -0.39 is 23.9 Å². The maximum atomic E-state index is 13.1. The molecule has 0 saturated carbocycles. The highest BCUT2D eigenvalue weighted by Gasteiger charge is 2.46. The molecule has 0 aliphatic rings. The van der Waals surface area contributed by atoms with Crippen LogP contribution >= 0.6 is 0 Å². The third-order valence-electron chi connectivity index (χ3n) is 3.33. The summed E-state index contributed by atoms with van der Waals surface area (Å²) in [7, 11) is 1.01. The first kappa shape index (κ1) is 18.4. The molecule has 0 aliphatic heterocycles. The predicted molar refractivity (Wildman–Crippen MR) is 77.9 cm³/mol. The minimum Gasteiger partial charge on any atom is -0.493 e. The van der Waals surface area contributed by atoms with Crippen molar-refractivity contribution in [1.29, 1.82) is 0 Å². The van der Waals surface area contributed by atoms with Crippen molar-refractivity contribution in [3.8, 4) is 5.75 Å². The lowest BCUT2D eigenvalue weighted by atomic mass is 9.83. The third-order valence-corrected chi connectivity index (χ3v) is 3.33. The molecule has 0 fully saturated rings. The monoisotopic (exact) mass is 316 g/mol. The summed E-state index contributed by atoms with van der Waals surface area (Å²) in [5.41, 5.74) is -1.85. The average molecular weight is 316 g/mol. The Kier molecular flexibility index (Phi) is 6.29. The van der Waals surface area contributed by atoms with Crippen LogP contribution in [0.15, 0.2) is 24.3 Å². The van der Waals surface area contributed by atoms with E-state index in [4.69, 9.17) is 4.74 Å². The molecule has 4 nitrogen and oxygen atoms in total. The Labute approximate surface area is 129 Å². The normalized spacial score (nSPS) is 15.5. The molecule has 0 spiro atoms. The number of aliphatic hydroxyl groups is 1. The van der Waals surface area contributed by atoms with Crippen LogP contribution in [0.2, 0.25) is 0 Å². The molecule has 6 heteroatoms. The van der Waals surface area contributed by atoms with Gasteiger partial charge in [-0.05, 0) is 30.5 Å². The Balaban J connectivity index is 2.98. The molecule has 1 aromatic rings. The fourth-order valence-corrected chi connectivity index (χ4v) is 2.04. The van der Waals surface area contributed by atoms with Crippen molar-refractivity contribution >= 4 is 5.97 Å². The molecule has 124 valence electrons. The molecule has 1 rings (SSSR count). The zero-order valence-electron chi connectivity index (χ0n) is 13.2. The lowest BCUT2D eigenvalue weighted by Crippen LogP contribution is -2.42. The Morgan fingerprint density at radius 2 is 1.82 bits per heavy atom. The van der Waals surface area contributed by atoms with Crippen LogP contribution in [0, 0.1) is 11.8 Å². The van der Waals surface area contributed by atoms with E-state index in [-0.39, 0.29) is 5.56 Å². The van der Waals surface area contributed by atoms with Crippen LogP contribution in [0.3, 0.4) is 0 Å².